The first kappa shape index (κ1) is 15.8. The van der Waals surface area contributed by atoms with Gasteiger partial charge >= 0.3 is 0 Å². The Hall–Kier alpha value is -0.380. The van der Waals surface area contributed by atoms with Crippen LogP contribution in [0.5, 0.6) is 0 Å². The van der Waals surface area contributed by atoms with Crippen molar-refractivity contribution in [3.8, 4) is 0 Å². The third-order valence-corrected chi connectivity index (χ3v) is 8.53. The van der Waals surface area contributed by atoms with Crippen LogP contribution in [0.1, 0.15) is 58.8 Å². The van der Waals surface area contributed by atoms with E-state index in [9.17, 15) is 5.11 Å². The van der Waals surface area contributed by atoms with Gasteiger partial charge in [0.05, 0.1) is 19.3 Å². The minimum Gasteiger partial charge on any atom is -0.393 e. The van der Waals surface area contributed by atoms with Gasteiger partial charge in [0, 0.05) is 12.8 Å². The number of ether oxygens (including phenoxy) is 2. The second kappa shape index (κ2) is 5.31. The summed E-state index contributed by atoms with van der Waals surface area (Å²) in [6.07, 6.45) is 10.5. The lowest BCUT2D eigenvalue weighted by molar-refractivity contribution is -0.176. The Morgan fingerprint density at radius 1 is 1.12 bits per heavy atom. The van der Waals surface area contributed by atoms with Crippen LogP contribution in [0.3, 0.4) is 0 Å². The molecule has 24 heavy (non-hydrogen) atoms. The lowest BCUT2D eigenvalue weighted by atomic mass is 9.51. The number of aliphatic hydroxyl groups is 1. The Morgan fingerprint density at radius 3 is 2.71 bits per heavy atom. The van der Waals surface area contributed by atoms with Crippen molar-refractivity contribution in [3.63, 3.8) is 0 Å². The second-order valence-corrected chi connectivity index (χ2v) is 9.57. The zero-order valence-corrected chi connectivity index (χ0v) is 15.2. The Bertz CT molecular complexity index is 549. The highest BCUT2D eigenvalue weighted by atomic mass is 16.7. The largest absolute Gasteiger partial charge is 0.393 e. The fourth-order valence-electron chi connectivity index (χ4n) is 7.50. The van der Waals surface area contributed by atoms with E-state index in [0.29, 0.717) is 11.8 Å². The van der Waals surface area contributed by atoms with Crippen LogP contribution in [0, 0.1) is 35.0 Å². The number of allylic oxidation sites excluding steroid dienone is 1. The van der Waals surface area contributed by atoms with Crippen molar-refractivity contribution in [2.45, 2.75) is 70.7 Å². The molecular weight excluding hydrogens is 300 g/mol. The van der Waals surface area contributed by atoms with Gasteiger partial charge in [-0.3, -0.25) is 0 Å². The van der Waals surface area contributed by atoms with Crippen LogP contribution >= 0.6 is 0 Å². The maximum Gasteiger partial charge on any atom is 0.172 e. The molecule has 1 aliphatic heterocycles. The van der Waals surface area contributed by atoms with E-state index in [1.165, 1.54) is 25.7 Å². The molecule has 4 aliphatic carbocycles. The molecule has 3 heteroatoms. The summed E-state index contributed by atoms with van der Waals surface area (Å²) in [5.41, 5.74) is 1.79. The van der Waals surface area contributed by atoms with Crippen molar-refractivity contribution in [2.24, 2.45) is 35.0 Å². The van der Waals surface area contributed by atoms with Crippen molar-refractivity contribution >= 4 is 0 Å². The zero-order chi connectivity index (χ0) is 16.5. The van der Waals surface area contributed by atoms with Gasteiger partial charge in [0.1, 0.15) is 0 Å². The molecule has 0 amide bonds. The van der Waals surface area contributed by atoms with Crippen molar-refractivity contribution in [2.75, 3.05) is 13.2 Å². The molecule has 5 rings (SSSR count). The molecule has 134 valence electrons. The van der Waals surface area contributed by atoms with E-state index in [2.05, 4.69) is 19.9 Å². The molecular formula is C21H32O3. The number of hydrogen-bond donors (Lipinski definition) is 1. The second-order valence-electron chi connectivity index (χ2n) is 9.57. The Balaban J connectivity index is 1.43. The molecule has 4 fully saturated rings. The zero-order valence-electron chi connectivity index (χ0n) is 15.2. The first-order valence-electron chi connectivity index (χ1n) is 10.2. The fraction of sp³-hybridized carbons (Fsp3) is 0.905. The van der Waals surface area contributed by atoms with Gasteiger partial charge in [0.15, 0.2) is 5.79 Å². The summed E-state index contributed by atoms with van der Waals surface area (Å²) in [7, 11) is 0. The Labute approximate surface area is 145 Å². The first-order chi connectivity index (χ1) is 11.5. The normalized spacial score (nSPS) is 52.5. The monoisotopic (exact) mass is 332 g/mol. The van der Waals surface area contributed by atoms with Crippen molar-refractivity contribution < 1.29 is 14.6 Å². The first-order valence-corrected chi connectivity index (χ1v) is 10.2. The predicted molar refractivity (Wildman–Crippen MR) is 92.3 cm³/mol. The molecule has 6 unspecified atom stereocenters. The summed E-state index contributed by atoms with van der Waals surface area (Å²) in [6, 6.07) is 0. The number of hydrogen-bond acceptors (Lipinski definition) is 3. The predicted octanol–water partition coefficient (Wildman–Crippen LogP) is 3.91. The highest BCUT2D eigenvalue weighted by molar-refractivity contribution is 5.22. The molecule has 1 saturated heterocycles. The average molecular weight is 332 g/mol. The summed E-state index contributed by atoms with van der Waals surface area (Å²) in [5, 5.41) is 10.7. The Kier molecular flexibility index (Phi) is 3.51. The number of fused-ring (bicyclic) bond motifs is 5. The molecule has 3 saturated carbocycles. The summed E-state index contributed by atoms with van der Waals surface area (Å²) >= 11 is 0. The summed E-state index contributed by atoms with van der Waals surface area (Å²) in [5.74, 6) is 3.45. The van der Waals surface area contributed by atoms with Gasteiger partial charge in [0.25, 0.3) is 0 Å². The van der Waals surface area contributed by atoms with Gasteiger partial charge in [-0.15, -0.1) is 0 Å². The van der Waals surface area contributed by atoms with Crippen LogP contribution in [0.2, 0.25) is 0 Å². The quantitative estimate of drug-likeness (QED) is 0.684. The summed E-state index contributed by atoms with van der Waals surface area (Å²) in [6.45, 7) is 6.29. The summed E-state index contributed by atoms with van der Waals surface area (Å²) in [4.78, 5) is 0. The van der Waals surface area contributed by atoms with E-state index < -0.39 is 0 Å². The highest BCUT2D eigenvalue weighted by Crippen LogP contribution is 2.63. The van der Waals surface area contributed by atoms with Gasteiger partial charge in [0.2, 0.25) is 0 Å². The van der Waals surface area contributed by atoms with Crippen LogP contribution in [0.4, 0.5) is 0 Å². The maximum absolute atomic E-state index is 10.7. The van der Waals surface area contributed by atoms with Crippen molar-refractivity contribution in [1.29, 1.82) is 0 Å². The maximum atomic E-state index is 10.7. The third-order valence-electron chi connectivity index (χ3n) is 8.53. The van der Waals surface area contributed by atoms with Crippen LogP contribution in [-0.2, 0) is 9.47 Å². The van der Waals surface area contributed by atoms with E-state index in [4.69, 9.17) is 9.47 Å². The van der Waals surface area contributed by atoms with E-state index in [1.807, 2.05) is 0 Å². The minimum absolute atomic E-state index is 0.0845. The smallest absolute Gasteiger partial charge is 0.172 e. The topological polar surface area (TPSA) is 38.7 Å². The van der Waals surface area contributed by atoms with Crippen LogP contribution in [0.15, 0.2) is 11.6 Å². The molecule has 1 spiro atoms. The third kappa shape index (κ3) is 2.07. The van der Waals surface area contributed by atoms with Gasteiger partial charge in [-0.1, -0.05) is 25.5 Å². The molecule has 1 heterocycles. The Morgan fingerprint density at radius 2 is 1.92 bits per heavy atom. The number of aliphatic hydroxyl groups excluding tert-OH is 1. The number of rotatable bonds is 0. The standard InChI is InChI=1S/C21H32O3/c1-13-11-18(22)20(2)7-5-16-15-6-8-21(23-9-10-24-21)12-14(15)3-4-17(16)19(13)20/h3,13,15-19,22H,4-12H2,1-2H3/t13?,15?,16?,17?,18?,19?,20-/m1/s1. The van der Waals surface area contributed by atoms with Crippen LogP contribution < -0.4 is 0 Å². The summed E-state index contributed by atoms with van der Waals surface area (Å²) < 4.78 is 12.0. The van der Waals surface area contributed by atoms with E-state index in [1.54, 1.807) is 5.57 Å². The molecule has 0 aromatic carbocycles. The molecule has 5 aliphatic rings. The van der Waals surface area contributed by atoms with Crippen LogP contribution in [0.25, 0.3) is 0 Å². The highest BCUT2D eigenvalue weighted by Gasteiger charge is 2.59. The van der Waals surface area contributed by atoms with E-state index in [-0.39, 0.29) is 17.3 Å². The van der Waals surface area contributed by atoms with Gasteiger partial charge in [-0.2, -0.15) is 0 Å². The molecule has 3 nitrogen and oxygen atoms in total. The van der Waals surface area contributed by atoms with E-state index in [0.717, 1.165) is 50.2 Å². The van der Waals surface area contributed by atoms with E-state index >= 15 is 0 Å². The molecule has 1 N–H and O–H groups in total. The van der Waals surface area contributed by atoms with Crippen LogP contribution in [-0.4, -0.2) is 30.2 Å². The molecule has 7 atom stereocenters. The molecule has 0 aromatic heterocycles. The molecule has 0 radical (unpaired) electrons. The minimum atomic E-state index is -0.283. The lowest BCUT2D eigenvalue weighted by Crippen LogP contribution is -2.49. The molecule has 0 aromatic rings. The van der Waals surface area contributed by atoms with Gasteiger partial charge < -0.3 is 14.6 Å². The fourth-order valence-corrected chi connectivity index (χ4v) is 7.50. The lowest BCUT2D eigenvalue weighted by Gasteiger charge is -2.54. The van der Waals surface area contributed by atoms with Gasteiger partial charge in [-0.25, -0.2) is 0 Å². The SMILES string of the molecule is CC1CC(O)[C@@]2(C)CCC3C4CCC5(CC4=CCC3C12)OCCO5. The van der Waals surface area contributed by atoms with Crippen molar-refractivity contribution in [1.82, 2.24) is 0 Å². The molecule has 0 bridgehead atoms. The van der Waals surface area contributed by atoms with Gasteiger partial charge in [-0.05, 0) is 67.1 Å². The average Bonchev–Trinajstić information content (AvgIpc) is 3.10. The van der Waals surface area contributed by atoms with Crippen molar-refractivity contribution in [3.05, 3.63) is 11.6 Å².